The Labute approximate surface area is 83.9 Å². The number of aliphatic hydroxyl groups is 1. The Morgan fingerprint density at radius 2 is 2.00 bits per heavy atom. The van der Waals surface area contributed by atoms with Gasteiger partial charge in [0.25, 0.3) is 0 Å². The van der Waals surface area contributed by atoms with Gasteiger partial charge in [0.15, 0.2) is 0 Å². The number of anilines is 2. The van der Waals surface area contributed by atoms with Crippen molar-refractivity contribution < 1.29 is 5.11 Å². The van der Waals surface area contributed by atoms with Gasteiger partial charge in [-0.05, 0) is 36.7 Å². The van der Waals surface area contributed by atoms with Crippen LogP contribution < -0.4 is 16.8 Å². The number of rotatable bonds is 5. The van der Waals surface area contributed by atoms with Crippen molar-refractivity contribution in [2.24, 2.45) is 0 Å². The summed E-state index contributed by atoms with van der Waals surface area (Å²) in [6.07, 6.45) is 0.830. The van der Waals surface area contributed by atoms with Crippen LogP contribution in [0.2, 0.25) is 0 Å². The Morgan fingerprint density at radius 1 is 1.21 bits per heavy atom. The number of aliphatic hydroxyl groups excluding tert-OH is 1. The monoisotopic (exact) mass is 195 g/mol. The summed E-state index contributed by atoms with van der Waals surface area (Å²) in [6.45, 7) is 1.57. The predicted molar refractivity (Wildman–Crippen MR) is 58.9 cm³/mol. The minimum absolute atomic E-state index is 0.159. The van der Waals surface area contributed by atoms with Gasteiger partial charge in [0.1, 0.15) is 0 Å². The van der Waals surface area contributed by atoms with E-state index in [0.29, 0.717) is 6.54 Å². The largest absolute Gasteiger partial charge is 0.399 e. The van der Waals surface area contributed by atoms with Crippen LogP contribution in [0.25, 0.3) is 0 Å². The molecule has 0 aromatic heterocycles. The third kappa shape index (κ3) is 3.24. The van der Waals surface area contributed by atoms with Gasteiger partial charge < -0.3 is 21.9 Å². The lowest BCUT2D eigenvalue weighted by Crippen LogP contribution is -2.21. The SMILES string of the molecule is Nc1ccc(N)c(CCNCCO)c1. The molecule has 1 aromatic rings. The second kappa shape index (κ2) is 5.47. The van der Waals surface area contributed by atoms with Crippen molar-refractivity contribution in [3.05, 3.63) is 23.8 Å². The van der Waals surface area contributed by atoms with Gasteiger partial charge >= 0.3 is 0 Å². The highest BCUT2D eigenvalue weighted by Gasteiger charge is 1.98. The Kier molecular flexibility index (Phi) is 4.22. The molecule has 0 atom stereocenters. The molecule has 6 N–H and O–H groups in total. The van der Waals surface area contributed by atoms with Crippen LogP contribution >= 0.6 is 0 Å². The maximum atomic E-state index is 8.55. The first-order valence-corrected chi connectivity index (χ1v) is 4.69. The fourth-order valence-corrected chi connectivity index (χ4v) is 1.27. The van der Waals surface area contributed by atoms with Crippen LogP contribution in [0.5, 0.6) is 0 Å². The number of nitrogens with two attached hydrogens (primary N) is 2. The molecular formula is C10H17N3O. The summed E-state index contributed by atoms with van der Waals surface area (Å²) in [4.78, 5) is 0. The standard InChI is InChI=1S/C10H17N3O/c11-9-1-2-10(12)8(7-9)3-4-13-5-6-14/h1-2,7,13-14H,3-6,11-12H2. The van der Waals surface area contributed by atoms with Crippen LogP contribution in [0.3, 0.4) is 0 Å². The fraction of sp³-hybridized carbons (Fsp3) is 0.400. The Hall–Kier alpha value is -1.26. The summed E-state index contributed by atoms with van der Waals surface area (Å²) in [5.41, 5.74) is 14.0. The van der Waals surface area contributed by atoms with Crippen LogP contribution in [0.15, 0.2) is 18.2 Å². The van der Waals surface area contributed by atoms with E-state index in [-0.39, 0.29) is 6.61 Å². The minimum atomic E-state index is 0.159. The third-order valence-corrected chi connectivity index (χ3v) is 2.03. The second-order valence-electron chi connectivity index (χ2n) is 3.18. The maximum absolute atomic E-state index is 8.55. The molecule has 0 aliphatic heterocycles. The van der Waals surface area contributed by atoms with Crippen molar-refractivity contribution >= 4 is 11.4 Å². The van der Waals surface area contributed by atoms with Crippen LogP contribution in [0.1, 0.15) is 5.56 Å². The number of nitrogens with one attached hydrogen (secondary N) is 1. The molecule has 0 heterocycles. The molecule has 1 aromatic carbocycles. The van der Waals surface area contributed by atoms with Gasteiger partial charge in [-0.15, -0.1) is 0 Å². The Bertz CT molecular complexity index is 289. The van der Waals surface area contributed by atoms with Gasteiger partial charge in [0, 0.05) is 17.9 Å². The van der Waals surface area contributed by atoms with E-state index in [1.807, 2.05) is 12.1 Å². The van der Waals surface area contributed by atoms with Crippen molar-refractivity contribution in [2.45, 2.75) is 6.42 Å². The zero-order chi connectivity index (χ0) is 10.4. The quantitative estimate of drug-likeness (QED) is 0.393. The smallest absolute Gasteiger partial charge is 0.0555 e. The third-order valence-electron chi connectivity index (χ3n) is 2.03. The molecule has 0 spiro atoms. The number of hydrogen-bond acceptors (Lipinski definition) is 4. The lowest BCUT2D eigenvalue weighted by atomic mass is 10.1. The van der Waals surface area contributed by atoms with E-state index in [2.05, 4.69) is 5.32 Å². The summed E-state index contributed by atoms with van der Waals surface area (Å²) >= 11 is 0. The van der Waals surface area contributed by atoms with Crippen molar-refractivity contribution in [3.8, 4) is 0 Å². The van der Waals surface area contributed by atoms with Gasteiger partial charge in [0.05, 0.1) is 6.61 Å². The Morgan fingerprint density at radius 3 is 2.71 bits per heavy atom. The first kappa shape index (κ1) is 10.8. The van der Waals surface area contributed by atoms with E-state index in [4.69, 9.17) is 16.6 Å². The zero-order valence-electron chi connectivity index (χ0n) is 8.16. The summed E-state index contributed by atoms with van der Waals surface area (Å²) in [6, 6.07) is 5.49. The molecule has 4 nitrogen and oxygen atoms in total. The summed E-state index contributed by atoms with van der Waals surface area (Å²) in [5, 5.41) is 11.6. The first-order chi connectivity index (χ1) is 6.74. The summed E-state index contributed by atoms with van der Waals surface area (Å²) < 4.78 is 0. The molecule has 14 heavy (non-hydrogen) atoms. The Balaban J connectivity index is 2.45. The van der Waals surface area contributed by atoms with Crippen LogP contribution in [-0.4, -0.2) is 24.8 Å². The maximum Gasteiger partial charge on any atom is 0.0555 e. The van der Waals surface area contributed by atoms with Crippen molar-refractivity contribution in [3.63, 3.8) is 0 Å². The molecule has 1 rings (SSSR count). The topological polar surface area (TPSA) is 84.3 Å². The molecule has 0 bridgehead atoms. The second-order valence-corrected chi connectivity index (χ2v) is 3.18. The van der Waals surface area contributed by atoms with Crippen LogP contribution in [0, 0.1) is 0 Å². The van der Waals surface area contributed by atoms with Crippen molar-refractivity contribution in [2.75, 3.05) is 31.2 Å². The number of nitrogen functional groups attached to an aromatic ring is 2. The summed E-state index contributed by atoms with van der Waals surface area (Å²) in [7, 11) is 0. The van der Waals surface area contributed by atoms with Gasteiger partial charge in [-0.3, -0.25) is 0 Å². The summed E-state index contributed by atoms with van der Waals surface area (Å²) in [5.74, 6) is 0. The highest BCUT2D eigenvalue weighted by molar-refractivity contribution is 5.55. The number of benzene rings is 1. The van der Waals surface area contributed by atoms with E-state index in [1.54, 1.807) is 6.07 Å². The van der Waals surface area contributed by atoms with Gasteiger partial charge in [-0.2, -0.15) is 0 Å². The lowest BCUT2D eigenvalue weighted by Gasteiger charge is -2.07. The molecule has 0 radical (unpaired) electrons. The van der Waals surface area contributed by atoms with E-state index in [9.17, 15) is 0 Å². The molecule has 78 valence electrons. The van der Waals surface area contributed by atoms with Crippen molar-refractivity contribution in [1.82, 2.24) is 5.32 Å². The molecular weight excluding hydrogens is 178 g/mol. The van der Waals surface area contributed by atoms with Gasteiger partial charge in [0.2, 0.25) is 0 Å². The first-order valence-electron chi connectivity index (χ1n) is 4.69. The van der Waals surface area contributed by atoms with Gasteiger partial charge in [-0.1, -0.05) is 0 Å². The van der Waals surface area contributed by atoms with E-state index in [1.165, 1.54) is 0 Å². The highest BCUT2D eigenvalue weighted by Crippen LogP contribution is 2.15. The van der Waals surface area contributed by atoms with Crippen LogP contribution in [0.4, 0.5) is 11.4 Å². The molecule has 0 saturated heterocycles. The van der Waals surface area contributed by atoms with E-state index < -0.39 is 0 Å². The molecule has 0 unspecified atom stereocenters. The average molecular weight is 195 g/mol. The van der Waals surface area contributed by atoms with Crippen LogP contribution in [-0.2, 0) is 6.42 Å². The highest BCUT2D eigenvalue weighted by atomic mass is 16.3. The molecule has 0 aliphatic carbocycles. The van der Waals surface area contributed by atoms with E-state index in [0.717, 1.165) is 29.9 Å². The predicted octanol–water partition coefficient (Wildman–Crippen LogP) is -0.0246. The minimum Gasteiger partial charge on any atom is -0.399 e. The molecule has 4 heteroatoms. The molecule has 0 saturated carbocycles. The normalized spacial score (nSPS) is 10.4. The average Bonchev–Trinajstić information content (AvgIpc) is 2.18. The molecule has 0 aliphatic rings. The lowest BCUT2D eigenvalue weighted by molar-refractivity contribution is 0.293. The zero-order valence-corrected chi connectivity index (χ0v) is 8.16. The van der Waals surface area contributed by atoms with Crippen molar-refractivity contribution in [1.29, 1.82) is 0 Å². The fourth-order valence-electron chi connectivity index (χ4n) is 1.27. The van der Waals surface area contributed by atoms with E-state index >= 15 is 0 Å². The molecule has 0 fully saturated rings. The van der Waals surface area contributed by atoms with Gasteiger partial charge in [-0.25, -0.2) is 0 Å². The molecule has 0 amide bonds. The number of hydrogen-bond donors (Lipinski definition) is 4.